The zero-order valence-corrected chi connectivity index (χ0v) is 15.6. The molecule has 0 saturated heterocycles. The van der Waals surface area contributed by atoms with E-state index in [2.05, 4.69) is 10.3 Å². The van der Waals surface area contributed by atoms with Gasteiger partial charge in [-0.15, -0.1) is 0 Å². The minimum absolute atomic E-state index is 0.105. The number of benzene rings is 2. The monoisotopic (exact) mass is 382 g/mol. The third-order valence-corrected chi connectivity index (χ3v) is 4.12. The predicted octanol–water partition coefficient (Wildman–Crippen LogP) is 2.46. The maximum Gasteiger partial charge on any atom is 0.310 e. The molecule has 0 unspecified atom stereocenters. The van der Waals surface area contributed by atoms with E-state index < -0.39 is 5.97 Å². The molecule has 1 aromatic heterocycles. The van der Waals surface area contributed by atoms with Gasteiger partial charge < -0.3 is 24.5 Å². The topological polar surface area (TPSA) is 89.7 Å². The lowest BCUT2D eigenvalue weighted by Crippen LogP contribution is -2.32. The quantitative estimate of drug-likeness (QED) is 0.438. The first-order valence-corrected chi connectivity index (χ1v) is 8.90. The summed E-state index contributed by atoms with van der Waals surface area (Å²) in [5, 5.41) is 3.62. The Morgan fingerprint density at radius 3 is 2.61 bits per heavy atom. The summed E-state index contributed by atoms with van der Waals surface area (Å²) in [5.41, 5.74) is 1.80. The Balaban J connectivity index is 1.36. The van der Waals surface area contributed by atoms with Gasteiger partial charge in [0.05, 0.1) is 20.1 Å². The van der Waals surface area contributed by atoms with Gasteiger partial charge in [-0.2, -0.15) is 0 Å². The van der Waals surface area contributed by atoms with Crippen molar-refractivity contribution in [1.29, 1.82) is 0 Å². The van der Waals surface area contributed by atoms with Crippen molar-refractivity contribution in [2.24, 2.45) is 0 Å². The largest absolute Gasteiger partial charge is 0.493 e. The fraction of sp³-hybridized carbons (Fsp3) is 0.238. The summed E-state index contributed by atoms with van der Waals surface area (Å²) in [4.78, 5) is 26.9. The zero-order chi connectivity index (χ0) is 19.8. The molecule has 28 heavy (non-hydrogen) atoms. The molecule has 0 fully saturated rings. The molecule has 0 bridgehead atoms. The number of hydrogen-bond acceptors (Lipinski definition) is 5. The lowest BCUT2D eigenvalue weighted by molar-refractivity contribution is -0.147. The number of amides is 1. The van der Waals surface area contributed by atoms with Crippen molar-refractivity contribution < 1.29 is 23.8 Å². The summed E-state index contributed by atoms with van der Waals surface area (Å²) in [6.45, 7) is 0.238. The summed E-state index contributed by atoms with van der Waals surface area (Å²) in [6.07, 6.45) is 1.88. The van der Waals surface area contributed by atoms with E-state index in [1.807, 2.05) is 36.4 Å². The van der Waals surface area contributed by atoms with Crippen LogP contribution in [0.1, 0.15) is 5.56 Å². The summed E-state index contributed by atoms with van der Waals surface area (Å²) >= 11 is 0. The van der Waals surface area contributed by atoms with Crippen molar-refractivity contribution in [3.63, 3.8) is 0 Å². The number of ether oxygens (including phenoxy) is 3. The predicted molar refractivity (Wildman–Crippen MR) is 104 cm³/mol. The number of fused-ring (bicyclic) bond motifs is 1. The number of hydrogen-bond donors (Lipinski definition) is 2. The average molecular weight is 382 g/mol. The van der Waals surface area contributed by atoms with Crippen molar-refractivity contribution >= 4 is 22.8 Å². The number of aromatic amines is 1. The van der Waals surface area contributed by atoms with E-state index in [1.54, 1.807) is 25.4 Å². The van der Waals surface area contributed by atoms with Gasteiger partial charge in [0.15, 0.2) is 18.1 Å². The van der Waals surface area contributed by atoms with Gasteiger partial charge in [0.2, 0.25) is 0 Å². The maximum absolute atomic E-state index is 12.0. The number of esters is 1. The van der Waals surface area contributed by atoms with Gasteiger partial charge in [-0.1, -0.05) is 30.3 Å². The Labute approximate surface area is 162 Å². The van der Waals surface area contributed by atoms with Crippen LogP contribution in [0.4, 0.5) is 0 Å². The first-order valence-electron chi connectivity index (χ1n) is 8.90. The normalized spacial score (nSPS) is 10.5. The number of carbonyl (C=O) groups is 2. The summed E-state index contributed by atoms with van der Waals surface area (Å²) < 4.78 is 15.8. The van der Waals surface area contributed by atoms with Crippen LogP contribution in [0.2, 0.25) is 0 Å². The Kier molecular flexibility index (Phi) is 6.51. The molecule has 3 aromatic rings. The standard InChI is InChI=1S/C21H22N2O5/c1-26-18-8-4-5-9-19(18)27-11-10-22-20(24)14-28-21(25)12-15-13-23-17-7-3-2-6-16(15)17/h2-9,13,23H,10-12,14H2,1H3,(H,22,24). The number of nitrogens with one attached hydrogen (secondary N) is 2. The molecule has 0 spiro atoms. The van der Waals surface area contributed by atoms with Crippen molar-refractivity contribution in [2.45, 2.75) is 6.42 Å². The highest BCUT2D eigenvalue weighted by Gasteiger charge is 2.11. The fourth-order valence-electron chi connectivity index (χ4n) is 2.77. The molecule has 0 radical (unpaired) electrons. The first-order chi connectivity index (χ1) is 13.7. The lowest BCUT2D eigenvalue weighted by atomic mass is 10.1. The van der Waals surface area contributed by atoms with Crippen LogP contribution in [0.3, 0.4) is 0 Å². The van der Waals surface area contributed by atoms with E-state index in [-0.39, 0.29) is 32.1 Å². The van der Waals surface area contributed by atoms with Crippen LogP contribution in [0.5, 0.6) is 11.5 Å². The number of methoxy groups -OCH3 is 1. The van der Waals surface area contributed by atoms with Crippen LogP contribution < -0.4 is 14.8 Å². The second-order valence-electron chi connectivity index (χ2n) is 6.05. The number of H-pyrrole nitrogens is 1. The van der Waals surface area contributed by atoms with Gasteiger partial charge in [0.25, 0.3) is 5.91 Å². The van der Waals surface area contributed by atoms with Gasteiger partial charge in [-0.3, -0.25) is 9.59 Å². The maximum atomic E-state index is 12.0. The molecule has 0 saturated carbocycles. The molecule has 0 atom stereocenters. The summed E-state index contributed by atoms with van der Waals surface area (Å²) in [5.74, 6) is 0.394. The molecular weight excluding hydrogens is 360 g/mol. The van der Waals surface area contributed by atoms with E-state index in [9.17, 15) is 9.59 Å². The second-order valence-corrected chi connectivity index (χ2v) is 6.05. The van der Waals surface area contributed by atoms with E-state index >= 15 is 0 Å². The van der Waals surface area contributed by atoms with E-state index in [4.69, 9.17) is 14.2 Å². The fourth-order valence-corrected chi connectivity index (χ4v) is 2.77. The van der Waals surface area contributed by atoms with Crippen LogP contribution >= 0.6 is 0 Å². The highest BCUT2D eigenvalue weighted by Crippen LogP contribution is 2.25. The Morgan fingerprint density at radius 2 is 1.79 bits per heavy atom. The van der Waals surface area contributed by atoms with E-state index in [0.29, 0.717) is 11.5 Å². The molecule has 0 aliphatic heterocycles. The summed E-state index contributed by atoms with van der Waals surface area (Å²) in [6, 6.07) is 15.0. The molecule has 1 amide bonds. The number of aromatic nitrogens is 1. The van der Waals surface area contributed by atoms with Crippen molar-refractivity contribution in [3.8, 4) is 11.5 Å². The SMILES string of the molecule is COc1ccccc1OCCNC(=O)COC(=O)Cc1c[nH]c2ccccc12. The molecular formula is C21H22N2O5. The smallest absolute Gasteiger partial charge is 0.310 e. The van der Waals surface area contributed by atoms with Crippen LogP contribution in [0.15, 0.2) is 54.7 Å². The highest BCUT2D eigenvalue weighted by molar-refractivity contribution is 5.88. The van der Waals surface area contributed by atoms with Crippen LogP contribution in [-0.2, 0) is 20.7 Å². The molecule has 7 heteroatoms. The van der Waals surface area contributed by atoms with Gasteiger partial charge in [0, 0.05) is 17.1 Å². The Morgan fingerprint density at radius 1 is 1.04 bits per heavy atom. The van der Waals surface area contributed by atoms with Crippen LogP contribution in [0, 0.1) is 0 Å². The molecule has 3 rings (SSSR count). The molecule has 2 N–H and O–H groups in total. The van der Waals surface area contributed by atoms with Gasteiger partial charge in [0.1, 0.15) is 6.61 Å². The van der Waals surface area contributed by atoms with Crippen LogP contribution in [0.25, 0.3) is 10.9 Å². The number of para-hydroxylation sites is 3. The van der Waals surface area contributed by atoms with Gasteiger partial charge in [-0.25, -0.2) is 0 Å². The van der Waals surface area contributed by atoms with Crippen molar-refractivity contribution in [3.05, 3.63) is 60.3 Å². The molecule has 146 valence electrons. The van der Waals surface area contributed by atoms with Crippen molar-refractivity contribution in [2.75, 3.05) is 26.9 Å². The average Bonchev–Trinajstić information content (AvgIpc) is 3.13. The van der Waals surface area contributed by atoms with Gasteiger partial charge in [-0.05, 0) is 23.8 Å². The summed E-state index contributed by atoms with van der Waals surface area (Å²) in [7, 11) is 1.56. The third kappa shape index (κ3) is 5.03. The van der Waals surface area contributed by atoms with Gasteiger partial charge >= 0.3 is 5.97 Å². The minimum atomic E-state index is -0.454. The third-order valence-electron chi connectivity index (χ3n) is 4.12. The minimum Gasteiger partial charge on any atom is -0.493 e. The van der Waals surface area contributed by atoms with E-state index in [1.165, 1.54) is 0 Å². The number of rotatable bonds is 9. The van der Waals surface area contributed by atoms with Crippen molar-refractivity contribution in [1.82, 2.24) is 10.3 Å². The Hall–Kier alpha value is -3.48. The molecule has 1 heterocycles. The molecule has 2 aromatic carbocycles. The first kappa shape index (κ1) is 19.3. The Bertz CT molecular complexity index is 951. The zero-order valence-electron chi connectivity index (χ0n) is 15.6. The second kappa shape index (κ2) is 9.45. The molecule has 7 nitrogen and oxygen atoms in total. The molecule has 0 aliphatic rings. The molecule has 0 aliphatic carbocycles. The van der Waals surface area contributed by atoms with Crippen LogP contribution in [-0.4, -0.2) is 43.7 Å². The number of carbonyl (C=O) groups excluding carboxylic acids is 2. The lowest BCUT2D eigenvalue weighted by Gasteiger charge is -2.11. The van der Waals surface area contributed by atoms with E-state index in [0.717, 1.165) is 16.5 Å². The highest BCUT2D eigenvalue weighted by atomic mass is 16.5.